The molecule has 4 rings (SSSR count). The third-order valence-corrected chi connectivity index (χ3v) is 5.82. The Morgan fingerprint density at radius 2 is 0.667 bits per heavy atom. The lowest BCUT2D eigenvalue weighted by molar-refractivity contribution is 0.0919. The summed E-state index contributed by atoms with van der Waals surface area (Å²) in [5.41, 5.74) is -3.19. The maximum Gasteiger partial charge on any atom is 0.513 e. The molecular formula is C30H27N3O12. The lowest BCUT2D eigenvalue weighted by atomic mass is 10.3. The van der Waals surface area contributed by atoms with Crippen LogP contribution in [0.25, 0.3) is 0 Å². The molecule has 234 valence electrons. The fraction of sp³-hybridized carbons (Fsp3) is 0.200. The smallest absolute Gasteiger partial charge is 0.432 e. The van der Waals surface area contributed by atoms with Gasteiger partial charge < -0.3 is 28.4 Å². The zero-order chi connectivity index (χ0) is 32.0. The van der Waals surface area contributed by atoms with Crippen LogP contribution in [0, 0.1) is 0 Å². The van der Waals surface area contributed by atoms with Crippen LogP contribution in [0.1, 0.15) is 0 Å². The van der Waals surface area contributed by atoms with E-state index in [9.17, 15) is 28.8 Å². The quantitative estimate of drug-likeness (QED) is 0.129. The third kappa shape index (κ3) is 9.44. The zero-order valence-electron chi connectivity index (χ0n) is 23.6. The Kier molecular flexibility index (Phi) is 11.3. The maximum absolute atomic E-state index is 13.1. The fourth-order valence-electron chi connectivity index (χ4n) is 3.76. The first-order valence-electron chi connectivity index (χ1n) is 13.5. The van der Waals surface area contributed by atoms with E-state index in [1.54, 1.807) is 54.6 Å². The first kappa shape index (κ1) is 31.8. The number of aromatic nitrogens is 3. The molecule has 0 bridgehead atoms. The number of ether oxygens (including phenoxy) is 6. The van der Waals surface area contributed by atoms with Crippen LogP contribution in [0.2, 0.25) is 0 Å². The average Bonchev–Trinajstić information content (AvgIpc) is 3.03. The van der Waals surface area contributed by atoms with Crippen LogP contribution in [-0.2, 0) is 33.8 Å². The molecule has 45 heavy (non-hydrogen) atoms. The highest BCUT2D eigenvalue weighted by atomic mass is 16.7. The standard InChI is InChI=1S/C30H27N3O12/c34-25-31(16-19-40-28(37)43-22-10-4-1-5-11-22)26(35)33(18-21-42-30(39)45-24-14-8-3-9-15-24)27(36)32(25)17-20-41-29(38)44-23-12-6-2-7-13-23/h1-15H,16-21H2. The van der Waals surface area contributed by atoms with Crippen molar-refractivity contribution in [3.05, 3.63) is 122 Å². The summed E-state index contributed by atoms with van der Waals surface area (Å²) in [5, 5.41) is 0. The summed E-state index contributed by atoms with van der Waals surface area (Å²) >= 11 is 0. The number of nitrogens with zero attached hydrogens (tertiary/aromatic N) is 3. The molecular weight excluding hydrogens is 594 g/mol. The molecule has 0 saturated carbocycles. The van der Waals surface area contributed by atoms with Crippen LogP contribution >= 0.6 is 0 Å². The van der Waals surface area contributed by atoms with E-state index in [2.05, 4.69) is 0 Å². The van der Waals surface area contributed by atoms with Crippen LogP contribution in [0.5, 0.6) is 17.2 Å². The highest BCUT2D eigenvalue weighted by molar-refractivity contribution is 5.64. The fourth-order valence-corrected chi connectivity index (χ4v) is 3.76. The molecule has 15 heteroatoms. The van der Waals surface area contributed by atoms with Crippen molar-refractivity contribution in [3.63, 3.8) is 0 Å². The molecule has 1 aromatic heterocycles. The second-order valence-corrected chi connectivity index (χ2v) is 8.84. The van der Waals surface area contributed by atoms with Crippen LogP contribution in [0.3, 0.4) is 0 Å². The van der Waals surface area contributed by atoms with Crippen molar-refractivity contribution < 1.29 is 42.8 Å². The Morgan fingerprint density at radius 3 is 0.911 bits per heavy atom. The van der Waals surface area contributed by atoms with Gasteiger partial charge in [0.2, 0.25) is 0 Å². The molecule has 15 nitrogen and oxygen atoms in total. The van der Waals surface area contributed by atoms with E-state index in [1.807, 2.05) is 0 Å². The lowest BCUT2D eigenvalue weighted by Gasteiger charge is -2.14. The van der Waals surface area contributed by atoms with E-state index in [-0.39, 0.29) is 17.2 Å². The van der Waals surface area contributed by atoms with Gasteiger partial charge in [-0.15, -0.1) is 0 Å². The zero-order valence-corrected chi connectivity index (χ0v) is 23.6. The first-order valence-corrected chi connectivity index (χ1v) is 13.5. The van der Waals surface area contributed by atoms with E-state index in [4.69, 9.17) is 28.4 Å². The summed E-state index contributed by atoms with van der Waals surface area (Å²) in [6.45, 7) is -2.81. The van der Waals surface area contributed by atoms with E-state index in [1.165, 1.54) is 36.4 Å². The molecule has 0 spiro atoms. The van der Waals surface area contributed by atoms with Crippen molar-refractivity contribution >= 4 is 18.5 Å². The van der Waals surface area contributed by atoms with Crippen molar-refractivity contribution in [1.29, 1.82) is 0 Å². The minimum atomic E-state index is -1.08. The molecule has 0 atom stereocenters. The molecule has 0 amide bonds. The second kappa shape index (κ2) is 15.9. The molecule has 0 aliphatic carbocycles. The summed E-state index contributed by atoms with van der Waals surface area (Å²) in [7, 11) is 0. The van der Waals surface area contributed by atoms with Gasteiger partial charge in [-0.25, -0.2) is 42.5 Å². The molecule has 0 radical (unpaired) electrons. The maximum atomic E-state index is 13.1. The van der Waals surface area contributed by atoms with Gasteiger partial charge in [-0.2, -0.15) is 0 Å². The monoisotopic (exact) mass is 621 g/mol. The van der Waals surface area contributed by atoms with Crippen molar-refractivity contribution in [2.24, 2.45) is 0 Å². The van der Waals surface area contributed by atoms with E-state index >= 15 is 0 Å². The Balaban J connectivity index is 1.45. The van der Waals surface area contributed by atoms with Gasteiger partial charge >= 0.3 is 35.5 Å². The molecule has 0 saturated heterocycles. The highest BCUT2D eigenvalue weighted by Gasteiger charge is 2.18. The van der Waals surface area contributed by atoms with E-state index in [0.717, 1.165) is 0 Å². The summed E-state index contributed by atoms with van der Waals surface area (Å²) < 4.78 is 31.9. The van der Waals surface area contributed by atoms with Crippen molar-refractivity contribution in [3.8, 4) is 17.2 Å². The van der Waals surface area contributed by atoms with E-state index < -0.39 is 75.0 Å². The average molecular weight is 622 g/mol. The van der Waals surface area contributed by atoms with E-state index in [0.29, 0.717) is 13.7 Å². The summed E-state index contributed by atoms with van der Waals surface area (Å²) in [6, 6.07) is 24.2. The van der Waals surface area contributed by atoms with Gasteiger partial charge in [0, 0.05) is 0 Å². The molecule has 1 heterocycles. The Hall–Kier alpha value is -6.12. The number of hydrogen-bond acceptors (Lipinski definition) is 12. The largest absolute Gasteiger partial charge is 0.513 e. The number of para-hydroxylation sites is 3. The molecule has 0 unspecified atom stereocenters. The van der Waals surface area contributed by atoms with Gasteiger partial charge in [0.15, 0.2) is 0 Å². The number of benzene rings is 3. The molecule has 0 N–H and O–H groups in total. The normalized spacial score (nSPS) is 10.4. The highest BCUT2D eigenvalue weighted by Crippen LogP contribution is 2.10. The molecule has 0 fully saturated rings. The Morgan fingerprint density at radius 1 is 0.422 bits per heavy atom. The second-order valence-electron chi connectivity index (χ2n) is 8.84. The summed E-state index contributed by atoms with van der Waals surface area (Å²) in [6.07, 6.45) is -3.25. The van der Waals surface area contributed by atoms with Crippen molar-refractivity contribution in [2.45, 2.75) is 19.6 Å². The van der Waals surface area contributed by atoms with Crippen molar-refractivity contribution in [2.75, 3.05) is 19.8 Å². The number of carbonyl (C=O) groups excluding carboxylic acids is 3. The SMILES string of the molecule is O=C(OCCn1c(=O)n(CCOC(=O)Oc2ccccc2)c(=O)n(CCOC(=O)Oc2ccccc2)c1=O)Oc1ccccc1. The van der Waals surface area contributed by atoms with Gasteiger partial charge in [-0.05, 0) is 36.4 Å². The summed E-state index contributed by atoms with van der Waals surface area (Å²) in [5.74, 6) is 0.645. The third-order valence-electron chi connectivity index (χ3n) is 5.82. The number of carbonyl (C=O) groups is 3. The topological polar surface area (TPSA) is 173 Å². The van der Waals surface area contributed by atoms with Crippen LogP contribution in [0.15, 0.2) is 105 Å². The summed E-state index contributed by atoms with van der Waals surface area (Å²) in [4.78, 5) is 75.6. The van der Waals surface area contributed by atoms with Crippen LogP contribution < -0.4 is 31.3 Å². The van der Waals surface area contributed by atoms with Gasteiger partial charge in [-0.3, -0.25) is 0 Å². The number of hydrogen-bond donors (Lipinski definition) is 0. The molecule has 3 aromatic carbocycles. The minimum absolute atomic E-state index is 0.215. The molecule has 4 aromatic rings. The van der Waals surface area contributed by atoms with Crippen LogP contribution in [-0.4, -0.2) is 52.0 Å². The van der Waals surface area contributed by atoms with Gasteiger partial charge in [0.25, 0.3) is 0 Å². The minimum Gasteiger partial charge on any atom is -0.432 e. The van der Waals surface area contributed by atoms with Gasteiger partial charge in [-0.1, -0.05) is 54.6 Å². The molecule has 0 aliphatic rings. The predicted octanol–water partition coefficient (Wildman–Crippen LogP) is 2.82. The van der Waals surface area contributed by atoms with Crippen LogP contribution in [0.4, 0.5) is 14.4 Å². The first-order chi connectivity index (χ1) is 21.8. The number of rotatable bonds is 12. The van der Waals surface area contributed by atoms with Crippen molar-refractivity contribution in [1.82, 2.24) is 13.7 Å². The van der Waals surface area contributed by atoms with Gasteiger partial charge in [0.05, 0.1) is 19.6 Å². The Bertz CT molecular complexity index is 1530. The molecule has 0 aliphatic heterocycles. The van der Waals surface area contributed by atoms with Gasteiger partial charge in [0.1, 0.15) is 37.1 Å². The lowest BCUT2D eigenvalue weighted by Crippen LogP contribution is -2.55. The Labute approximate surface area is 254 Å². The predicted molar refractivity (Wildman–Crippen MR) is 154 cm³/mol.